The van der Waals surface area contributed by atoms with Crippen LogP contribution in [-0.4, -0.2) is 44.0 Å². The summed E-state index contributed by atoms with van der Waals surface area (Å²) in [6.07, 6.45) is 1.55. The van der Waals surface area contributed by atoms with Crippen molar-refractivity contribution in [3.8, 4) is 0 Å². The maximum atomic E-state index is 12.9. The first-order valence-electron chi connectivity index (χ1n) is 7.97. The lowest BCUT2D eigenvalue weighted by Crippen LogP contribution is -2.35. The second-order valence-electron chi connectivity index (χ2n) is 5.55. The Bertz CT molecular complexity index is 668. The number of sulfonamides is 1. The smallest absolute Gasteiger partial charge is 0.243 e. The molecule has 0 N–H and O–H groups in total. The maximum Gasteiger partial charge on any atom is 0.243 e. The molecule has 128 valence electrons. The molecular weight excluding hydrogens is 332 g/mol. The fraction of sp³-hybridized carbons (Fsp3) is 0.562. The fourth-order valence-corrected chi connectivity index (χ4v) is 5.30. The van der Waals surface area contributed by atoms with Crippen molar-refractivity contribution in [1.29, 1.82) is 0 Å². The topological polar surface area (TPSA) is 57.7 Å². The minimum absolute atomic E-state index is 0.0555. The molecule has 0 saturated heterocycles. The summed E-state index contributed by atoms with van der Waals surface area (Å²) in [5.74, 6) is 0.774. The van der Waals surface area contributed by atoms with Crippen molar-refractivity contribution >= 4 is 33.4 Å². The highest BCUT2D eigenvalue weighted by Gasteiger charge is 2.27. The molecule has 0 unspecified atom stereocenters. The lowest BCUT2D eigenvalue weighted by atomic mass is 10.2. The first-order chi connectivity index (χ1) is 10.9. The van der Waals surface area contributed by atoms with Crippen molar-refractivity contribution in [2.24, 2.45) is 0 Å². The molecule has 5 nitrogen and oxygen atoms in total. The molecule has 0 aliphatic carbocycles. The van der Waals surface area contributed by atoms with Crippen LogP contribution in [0.15, 0.2) is 28.0 Å². The van der Waals surface area contributed by atoms with E-state index in [2.05, 4.69) is 0 Å². The van der Waals surface area contributed by atoms with Gasteiger partial charge < -0.3 is 4.90 Å². The number of carbonyl (C=O) groups is 1. The summed E-state index contributed by atoms with van der Waals surface area (Å²) in [5.41, 5.74) is 0.711. The number of thioether (sulfide) groups is 1. The van der Waals surface area contributed by atoms with Crippen molar-refractivity contribution in [2.45, 2.75) is 43.4 Å². The summed E-state index contributed by atoms with van der Waals surface area (Å²) < 4.78 is 27.3. The first kappa shape index (κ1) is 18.3. The molecule has 0 aromatic heterocycles. The molecule has 1 aliphatic rings. The van der Waals surface area contributed by atoms with E-state index < -0.39 is 10.0 Å². The van der Waals surface area contributed by atoms with Gasteiger partial charge >= 0.3 is 0 Å². The number of fused-ring (bicyclic) bond motifs is 1. The molecule has 0 saturated carbocycles. The zero-order valence-corrected chi connectivity index (χ0v) is 15.5. The van der Waals surface area contributed by atoms with Crippen molar-refractivity contribution in [3.05, 3.63) is 18.2 Å². The summed E-state index contributed by atoms with van der Waals surface area (Å²) in [4.78, 5) is 14.7. The lowest BCUT2D eigenvalue weighted by molar-refractivity contribution is -0.116. The zero-order valence-electron chi connectivity index (χ0n) is 13.9. The highest BCUT2D eigenvalue weighted by atomic mass is 32.2. The number of hydrogen-bond donors (Lipinski definition) is 0. The van der Waals surface area contributed by atoms with Crippen molar-refractivity contribution in [1.82, 2.24) is 4.31 Å². The number of hydrogen-bond acceptors (Lipinski definition) is 4. The minimum Gasteiger partial charge on any atom is -0.311 e. The summed E-state index contributed by atoms with van der Waals surface area (Å²) in [5, 5.41) is 0. The van der Waals surface area contributed by atoms with Gasteiger partial charge in [0.05, 0.1) is 10.6 Å². The Morgan fingerprint density at radius 1 is 1.26 bits per heavy atom. The maximum absolute atomic E-state index is 12.9. The fourth-order valence-electron chi connectivity index (χ4n) is 2.69. The number of nitrogens with zero attached hydrogens (tertiary/aromatic N) is 2. The summed E-state index contributed by atoms with van der Waals surface area (Å²) in [6.45, 7) is 7.10. The molecule has 7 heteroatoms. The van der Waals surface area contributed by atoms with E-state index in [0.29, 0.717) is 25.3 Å². The van der Waals surface area contributed by atoms with Gasteiger partial charge in [-0.25, -0.2) is 8.42 Å². The zero-order chi connectivity index (χ0) is 17.0. The normalized spacial score (nSPS) is 14.9. The molecule has 0 spiro atoms. The molecule has 23 heavy (non-hydrogen) atoms. The Labute approximate surface area is 143 Å². The monoisotopic (exact) mass is 356 g/mol. The summed E-state index contributed by atoms with van der Waals surface area (Å²) >= 11 is 1.66. The van der Waals surface area contributed by atoms with Crippen LogP contribution in [0.5, 0.6) is 0 Å². The van der Waals surface area contributed by atoms with Crippen LogP contribution in [-0.2, 0) is 14.8 Å². The third-order valence-electron chi connectivity index (χ3n) is 3.76. The third kappa shape index (κ3) is 3.89. The molecule has 1 heterocycles. The average Bonchev–Trinajstić information content (AvgIpc) is 2.53. The molecule has 0 radical (unpaired) electrons. The molecule has 0 bridgehead atoms. The Balaban J connectivity index is 2.44. The Kier molecular flexibility index (Phi) is 6.11. The highest BCUT2D eigenvalue weighted by Crippen LogP contribution is 2.37. The highest BCUT2D eigenvalue weighted by molar-refractivity contribution is 7.99. The van der Waals surface area contributed by atoms with Gasteiger partial charge in [0.1, 0.15) is 0 Å². The second kappa shape index (κ2) is 7.68. The van der Waals surface area contributed by atoms with E-state index in [9.17, 15) is 13.2 Å². The van der Waals surface area contributed by atoms with Crippen LogP contribution in [0, 0.1) is 0 Å². The van der Waals surface area contributed by atoms with Gasteiger partial charge in [0.25, 0.3) is 0 Å². The van der Waals surface area contributed by atoms with E-state index in [1.165, 1.54) is 11.2 Å². The van der Waals surface area contributed by atoms with E-state index >= 15 is 0 Å². The molecule has 1 amide bonds. The van der Waals surface area contributed by atoms with Crippen molar-refractivity contribution in [2.75, 3.05) is 30.3 Å². The van der Waals surface area contributed by atoms with Gasteiger partial charge in [-0.2, -0.15) is 4.31 Å². The van der Waals surface area contributed by atoms with Gasteiger partial charge in [-0.1, -0.05) is 13.8 Å². The van der Waals surface area contributed by atoms with E-state index in [1.807, 2.05) is 19.9 Å². The average molecular weight is 357 g/mol. The number of anilines is 1. The first-order valence-corrected chi connectivity index (χ1v) is 10.4. The predicted molar refractivity (Wildman–Crippen MR) is 94.5 cm³/mol. The van der Waals surface area contributed by atoms with Gasteiger partial charge in [-0.15, -0.1) is 11.8 Å². The number of carbonyl (C=O) groups excluding carboxylic acids is 1. The number of benzene rings is 1. The molecule has 0 fully saturated rings. The lowest BCUT2D eigenvalue weighted by Gasteiger charge is -2.29. The van der Waals surface area contributed by atoms with Crippen LogP contribution < -0.4 is 4.90 Å². The van der Waals surface area contributed by atoms with Crippen molar-refractivity contribution < 1.29 is 13.2 Å². The largest absolute Gasteiger partial charge is 0.311 e. The SMILES string of the molecule is CCCN(CCC)S(=O)(=O)c1ccc2c(c1)N(C(C)=O)CCS2. The minimum atomic E-state index is -3.52. The molecule has 1 aromatic carbocycles. The van der Waals surface area contributed by atoms with Crippen LogP contribution in [0.25, 0.3) is 0 Å². The molecule has 2 rings (SSSR count). The standard InChI is InChI=1S/C16H24N2O3S2/c1-4-8-17(9-5-2)23(20,21)14-6-7-16-15(12-14)18(13(3)19)10-11-22-16/h6-7,12H,4-5,8-11H2,1-3H3. The predicted octanol–water partition coefficient (Wildman–Crippen LogP) is 2.96. The number of amides is 1. The van der Waals surface area contributed by atoms with Crippen LogP contribution in [0.4, 0.5) is 5.69 Å². The second-order valence-corrected chi connectivity index (χ2v) is 8.63. The molecule has 1 aromatic rings. The van der Waals surface area contributed by atoms with E-state index in [0.717, 1.165) is 23.5 Å². The van der Waals surface area contributed by atoms with Gasteiger partial charge in [0.15, 0.2) is 0 Å². The molecule has 0 atom stereocenters. The Morgan fingerprint density at radius 3 is 2.48 bits per heavy atom. The van der Waals surface area contributed by atoms with Gasteiger partial charge in [0, 0.05) is 37.2 Å². The van der Waals surface area contributed by atoms with E-state index in [1.54, 1.807) is 28.8 Å². The van der Waals surface area contributed by atoms with Gasteiger partial charge in [0.2, 0.25) is 15.9 Å². The quantitative estimate of drug-likeness (QED) is 0.786. The van der Waals surface area contributed by atoms with Gasteiger partial charge in [-0.05, 0) is 31.0 Å². The Morgan fingerprint density at radius 2 is 1.91 bits per heavy atom. The summed E-state index contributed by atoms with van der Waals surface area (Å²) in [7, 11) is -3.52. The molecule has 1 aliphatic heterocycles. The van der Waals surface area contributed by atoms with E-state index in [4.69, 9.17) is 0 Å². The van der Waals surface area contributed by atoms with Crippen molar-refractivity contribution in [3.63, 3.8) is 0 Å². The van der Waals surface area contributed by atoms with Crippen LogP contribution in [0.2, 0.25) is 0 Å². The van der Waals surface area contributed by atoms with Gasteiger partial charge in [-0.3, -0.25) is 4.79 Å². The van der Waals surface area contributed by atoms with Crippen LogP contribution in [0.1, 0.15) is 33.6 Å². The third-order valence-corrected chi connectivity index (χ3v) is 6.70. The molecular formula is C16H24N2O3S2. The van der Waals surface area contributed by atoms with Crippen LogP contribution in [0.3, 0.4) is 0 Å². The van der Waals surface area contributed by atoms with E-state index in [-0.39, 0.29) is 10.8 Å². The Hall–Kier alpha value is -1.05. The summed E-state index contributed by atoms with van der Waals surface area (Å²) in [6, 6.07) is 5.12. The van der Waals surface area contributed by atoms with Crippen LogP contribution >= 0.6 is 11.8 Å². The number of rotatable bonds is 6.